The van der Waals surface area contributed by atoms with Crippen LogP contribution in [0.25, 0.3) is 0 Å². The Morgan fingerprint density at radius 1 is 1.16 bits per heavy atom. The highest BCUT2D eigenvalue weighted by Crippen LogP contribution is 2.28. The highest BCUT2D eigenvalue weighted by molar-refractivity contribution is 9.10. The summed E-state index contributed by atoms with van der Waals surface area (Å²) in [7, 11) is 0. The molecule has 1 aromatic heterocycles. The van der Waals surface area contributed by atoms with Gasteiger partial charge >= 0.3 is 5.97 Å². The van der Waals surface area contributed by atoms with Gasteiger partial charge in [0.15, 0.2) is 5.69 Å². The summed E-state index contributed by atoms with van der Waals surface area (Å²) >= 11 is 3.21. The van der Waals surface area contributed by atoms with E-state index in [-0.39, 0.29) is 5.69 Å². The maximum absolute atomic E-state index is 11.4. The minimum Gasteiger partial charge on any atom is -0.476 e. The third-order valence-electron chi connectivity index (χ3n) is 4.44. The molecule has 2 unspecified atom stereocenters. The number of halogens is 1. The molecule has 132 valence electrons. The number of hydrogen-bond donors (Lipinski definition) is 2. The van der Waals surface area contributed by atoms with Gasteiger partial charge in [0.1, 0.15) is 4.60 Å². The minimum absolute atomic E-state index is 0.00266. The third-order valence-corrected chi connectivity index (χ3v) is 4.89. The van der Waals surface area contributed by atoms with Gasteiger partial charge < -0.3 is 15.3 Å². The van der Waals surface area contributed by atoms with Crippen molar-refractivity contribution >= 4 is 39.0 Å². The summed E-state index contributed by atoms with van der Waals surface area (Å²) in [4.78, 5) is 17.8. The molecule has 1 fully saturated rings. The van der Waals surface area contributed by atoms with Crippen LogP contribution in [-0.4, -0.2) is 29.1 Å². The molecule has 2 aromatic rings. The Balaban J connectivity index is 1.76. The van der Waals surface area contributed by atoms with Crippen LogP contribution in [0.3, 0.4) is 0 Å². The number of benzene rings is 1. The minimum atomic E-state index is -1.06. The number of aromatic carboxylic acids is 1. The average Bonchev–Trinajstić information content (AvgIpc) is 2.56. The van der Waals surface area contributed by atoms with E-state index in [4.69, 9.17) is 0 Å². The zero-order chi connectivity index (χ0) is 18.0. The van der Waals surface area contributed by atoms with Crippen molar-refractivity contribution in [2.45, 2.75) is 20.3 Å². The van der Waals surface area contributed by atoms with E-state index in [1.54, 1.807) is 12.1 Å². The lowest BCUT2D eigenvalue weighted by Gasteiger charge is -2.36. The molecule has 0 aliphatic carbocycles. The summed E-state index contributed by atoms with van der Waals surface area (Å²) in [6, 6.07) is 11.6. The maximum atomic E-state index is 11.4. The summed E-state index contributed by atoms with van der Waals surface area (Å²) < 4.78 is 0.499. The zero-order valence-corrected chi connectivity index (χ0v) is 16.0. The van der Waals surface area contributed by atoms with Gasteiger partial charge in [0.05, 0.1) is 5.69 Å². The molecular weight excluding hydrogens is 382 g/mol. The third kappa shape index (κ3) is 4.31. The predicted octanol–water partition coefficient (Wildman–Crippen LogP) is 4.77. The van der Waals surface area contributed by atoms with Crippen LogP contribution in [0.15, 0.2) is 41.0 Å². The number of carboxylic acids is 1. The second-order valence-corrected chi connectivity index (χ2v) is 7.67. The Hall–Kier alpha value is -2.08. The molecule has 2 N–H and O–H groups in total. The second-order valence-electron chi connectivity index (χ2n) is 6.86. The second kappa shape index (κ2) is 7.44. The van der Waals surface area contributed by atoms with Gasteiger partial charge in [-0.15, -0.1) is 0 Å². The van der Waals surface area contributed by atoms with Crippen LogP contribution in [0.5, 0.6) is 0 Å². The first kappa shape index (κ1) is 17.7. The molecule has 0 amide bonds. The van der Waals surface area contributed by atoms with E-state index in [2.05, 4.69) is 57.1 Å². The number of hydrogen-bond acceptors (Lipinski definition) is 4. The van der Waals surface area contributed by atoms with Crippen molar-refractivity contribution < 1.29 is 9.90 Å². The molecule has 1 aromatic carbocycles. The first-order valence-electron chi connectivity index (χ1n) is 8.44. The molecule has 2 heterocycles. The van der Waals surface area contributed by atoms with Crippen LogP contribution in [0.1, 0.15) is 30.8 Å². The smallest absolute Gasteiger partial charge is 0.356 e. The molecular formula is C19H22BrN3O2. The first-order valence-corrected chi connectivity index (χ1v) is 9.23. The molecule has 2 atom stereocenters. The maximum Gasteiger partial charge on any atom is 0.356 e. The van der Waals surface area contributed by atoms with Crippen molar-refractivity contribution in [2.24, 2.45) is 11.8 Å². The number of aromatic nitrogens is 1. The quantitative estimate of drug-likeness (QED) is 0.719. The number of nitrogens with one attached hydrogen (secondary N) is 1. The number of nitrogens with zero attached hydrogens (tertiary/aromatic N) is 2. The van der Waals surface area contributed by atoms with Crippen molar-refractivity contribution in [3.63, 3.8) is 0 Å². The summed E-state index contributed by atoms with van der Waals surface area (Å²) in [6.07, 6.45) is 1.28. The Morgan fingerprint density at radius 3 is 2.40 bits per heavy atom. The molecule has 3 rings (SSSR count). The van der Waals surface area contributed by atoms with Crippen LogP contribution in [0.2, 0.25) is 0 Å². The van der Waals surface area contributed by atoms with Gasteiger partial charge in [-0.3, -0.25) is 0 Å². The lowest BCUT2D eigenvalue weighted by atomic mass is 9.91. The van der Waals surface area contributed by atoms with Gasteiger partial charge in [-0.25, -0.2) is 9.78 Å². The topological polar surface area (TPSA) is 65.5 Å². The van der Waals surface area contributed by atoms with E-state index < -0.39 is 5.97 Å². The highest BCUT2D eigenvalue weighted by atomic mass is 79.9. The largest absolute Gasteiger partial charge is 0.476 e. The van der Waals surface area contributed by atoms with Gasteiger partial charge in [-0.1, -0.05) is 13.8 Å². The molecule has 0 saturated carbocycles. The molecule has 5 nitrogen and oxygen atoms in total. The highest BCUT2D eigenvalue weighted by Gasteiger charge is 2.22. The number of piperidine rings is 1. The van der Waals surface area contributed by atoms with Crippen LogP contribution in [0, 0.1) is 11.8 Å². The molecule has 0 bridgehead atoms. The van der Waals surface area contributed by atoms with Crippen molar-refractivity contribution in [2.75, 3.05) is 23.3 Å². The van der Waals surface area contributed by atoms with E-state index in [1.165, 1.54) is 12.1 Å². The van der Waals surface area contributed by atoms with E-state index in [1.807, 2.05) is 12.1 Å². The van der Waals surface area contributed by atoms with Crippen molar-refractivity contribution in [1.29, 1.82) is 0 Å². The van der Waals surface area contributed by atoms with Gasteiger partial charge in [-0.05, 0) is 70.6 Å². The molecule has 25 heavy (non-hydrogen) atoms. The first-order chi connectivity index (χ1) is 11.9. The van der Waals surface area contributed by atoms with Crippen molar-refractivity contribution in [3.05, 3.63) is 46.7 Å². The fourth-order valence-corrected chi connectivity index (χ4v) is 3.79. The van der Waals surface area contributed by atoms with E-state index in [9.17, 15) is 9.90 Å². The fourth-order valence-electron chi connectivity index (χ4n) is 3.48. The zero-order valence-electron chi connectivity index (χ0n) is 14.4. The number of pyridine rings is 1. The summed E-state index contributed by atoms with van der Waals surface area (Å²) in [5.41, 5.74) is 2.52. The monoisotopic (exact) mass is 403 g/mol. The van der Waals surface area contributed by atoms with E-state index in [0.717, 1.165) is 18.8 Å². The SMILES string of the molecule is CC1CC(C)CN(c2ccc(Nc3ccc(Br)nc3C(=O)O)cc2)C1. The van der Waals surface area contributed by atoms with Crippen LogP contribution in [-0.2, 0) is 0 Å². The Bertz CT molecular complexity index is 754. The van der Waals surface area contributed by atoms with Crippen molar-refractivity contribution in [3.8, 4) is 0 Å². The van der Waals surface area contributed by atoms with Crippen LogP contribution in [0.4, 0.5) is 17.1 Å². The van der Waals surface area contributed by atoms with Crippen LogP contribution >= 0.6 is 15.9 Å². The van der Waals surface area contributed by atoms with E-state index >= 15 is 0 Å². The lowest BCUT2D eigenvalue weighted by Crippen LogP contribution is -2.38. The molecule has 0 spiro atoms. The average molecular weight is 404 g/mol. The normalized spacial score (nSPS) is 20.4. The van der Waals surface area contributed by atoms with E-state index in [0.29, 0.717) is 22.1 Å². The molecule has 6 heteroatoms. The standard InChI is InChI=1S/C19H22BrN3O2/c1-12-9-13(2)11-23(10-12)15-5-3-14(4-6-15)21-16-7-8-17(20)22-18(16)19(24)25/h3-8,12-13,21H,9-11H2,1-2H3,(H,24,25). The Morgan fingerprint density at radius 2 is 1.80 bits per heavy atom. The molecule has 1 aliphatic rings. The number of carboxylic acid groups (broad SMARTS) is 1. The molecule has 1 aliphatic heterocycles. The van der Waals surface area contributed by atoms with Gasteiger partial charge in [0.25, 0.3) is 0 Å². The number of carbonyl (C=O) groups is 1. The fraction of sp³-hybridized carbons (Fsp3) is 0.368. The lowest BCUT2D eigenvalue weighted by molar-refractivity contribution is 0.0691. The molecule has 1 saturated heterocycles. The van der Waals surface area contributed by atoms with Gasteiger partial charge in [-0.2, -0.15) is 0 Å². The van der Waals surface area contributed by atoms with Gasteiger partial charge in [0, 0.05) is 24.5 Å². The Kier molecular flexibility index (Phi) is 5.27. The van der Waals surface area contributed by atoms with Crippen LogP contribution < -0.4 is 10.2 Å². The number of anilines is 3. The van der Waals surface area contributed by atoms with Gasteiger partial charge in [0.2, 0.25) is 0 Å². The summed E-state index contributed by atoms with van der Waals surface area (Å²) in [5, 5.41) is 12.4. The van der Waals surface area contributed by atoms with Crippen molar-refractivity contribution in [1.82, 2.24) is 4.98 Å². The number of rotatable bonds is 4. The summed E-state index contributed by atoms with van der Waals surface area (Å²) in [5.74, 6) is 0.346. The molecule has 0 radical (unpaired) electrons. The summed E-state index contributed by atoms with van der Waals surface area (Å²) in [6.45, 7) is 6.76. The predicted molar refractivity (Wildman–Crippen MR) is 104 cm³/mol. The Labute approximate surface area is 156 Å².